The molecule has 4 rings (SSSR count). The average molecular weight is 358 g/mol. The molecule has 0 atom stereocenters. The molecule has 0 unspecified atom stereocenters. The molecule has 3 aromatic rings. The lowest BCUT2D eigenvalue weighted by atomic mass is 10.2. The number of anilines is 1. The molecule has 1 saturated heterocycles. The van der Waals surface area contributed by atoms with Gasteiger partial charge in [0.1, 0.15) is 5.82 Å². The smallest absolute Gasteiger partial charge is 0.329 e. The molecule has 1 aliphatic heterocycles. The fourth-order valence-electron chi connectivity index (χ4n) is 3.25. The lowest BCUT2D eigenvalue weighted by Gasteiger charge is -2.28. The van der Waals surface area contributed by atoms with Gasteiger partial charge in [0.25, 0.3) is 5.56 Å². The number of imidazole rings is 1. The van der Waals surface area contributed by atoms with Crippen LogP contribution in [0.1, 0.15) is 5.56 Å². The minimum Gasteiger partial charge on any atom is -0.340 e. The number of aromatic nitrogens is 4. The molecular formula is C17H19FN6O2. The van der Waals surface area contributed by atoms with Crippen molar-refractivity contribution in [3.8, 4) is 0 Å². The highest BCUT2D eigenvalue weighted by Crippen LogP contribution is 2.21. The van der Waals surface area contributed by atoms with E-state index in [1.54, 1.807) is 23.7 Å². The molecule has 1 fully saturated rings. The van der Waals surface area contributed by atoms with E-state index < -0.39 is 11.2 Å². The van der Waals surface area contributed by atoms with Crippen LogP contribution in [0.15, 0.2) is 33.9 Å². The Morgan fingerprint density at radius 2 is 1.85 bits per heavy atom. The number of rotatable bonds is 3. The van der Waals surface area contributed by atoms with Gasteiger partial charge in [-0.05, 0) is 17.7 Å². The van der Waals surface area contributed by atoms with Gasteiger partial charge in [-0.25, -0.2) is 9.18 Å². The second-order valence-corrected chi connectivity index (χ2v) is 6.35. The Balaban J connectivity index is 1.91. The molecule has 0 radical (unpaired) electrons. The van der Waals surface area contributed by atoms with Crippen LogP contribution >= 0.6 is 0 Å². The van der Waals surface area contributed by atoms with Crippen molar-refractivity contribution in [1.29, 1.82) is 0 Å². The molecule has 2 aromatic heterocycles. The Morgan fingerprint density at radius 3 is 2.54 bits per heavy atom. The summed E-state index contributed by atoms with van der Waals surface area (Å²) in [6.07, 6.45) is 0. The monoisotopic (exact) mass is 358 g/mol. The first-order valence-electron chi connectivity index (χ1n) is 8.44. The van der Waals surface area contributed by atoms with Crippen molar-refractivity contribution in [3.05, 3.63) is 56.5 Å². The van der Waals surface area contributed by atoms with Crippen LogP contribution in [0, 0.1) is 5.82 Å². The molecule has 0 amide bonds. The van der Waals surface area contributed by atoms with Crippen molar-refractivity contribution in [1.82, 2.24) is 24.4 Å². The van der Waals surface area contributed by atoms with Crippen LogP contribution in [-0.2, 0) is 13.6 Å². The van der Waals surface area contributed by atoms with E-state index in [1.165, 1.54) is 16.7 Å². The standard InChI is InChI=1S/C17H19FN6O2/c1-22-14-13(15(25)21-17(22)26)24(10-11-2-4-12(18)5-3-11)16(20-14)23-8-6-19-7-9-23/h2-5,19H,6-10H2,1H3,(H,21,25,26). The molecule has 0 saturated carbocycles. The summed E-state index contributed by atoms with van der Waals surface area (Å²) in [4.78, 5) is 33.5. The minimum atomic E-state index is -0.499. The summed E-state index contributed by atoms with van der Waals surface area (Å²) in [5.74, 6) is 0.323. The zero-order valence-electron chi connectivity index (χ0n) is 14.3. The number of piperazine rings is 1. The Labute approximate surface area is 147 Å². The third kappa shape index (κ3) is 2.80. The quantitative estimate of drug-likeness (QED) is 0.689. The molecule has 8 nitrogen and oxygen atoms in total. The number of H-pyrrole nitrogens is 1. The first kappa shape index (κ1) is 16.5. The third-order valence-electron chi connectivity index (χ3n) is 4.64. The van der Waals surface area contributed by atoms with Crippen molar-refractivity contribution < 1.29 is 4.39 Å². The predicted molar refractivity (Wildman–Crippen MR) is 96.2 cm³/mol. The molecule has 0 aliphatic carbocycles. The van der Waals surface area contributed by atoms with E-state index in [1.807, 2.05) is 0 Å². The molecule has 9 heteroatoms. The maximum atomic E-state index is 13.2. The van der Waals surface area contributed by atoms with Crippen LogP contribution in [0.5, 0.6) is 0 Å². The lowest BCUT2D eigenvalue weighted by molar-refractivity contribution is 0.571. The molecule has 1 aromatic carbocycles. The van der Waals surface area contributed by atoms with Crippen molar-refractivity contribution in [2.24, 2.45) is 7.05 Å². The topological polar surface area (TPSA) is 87.9 Å². The lowest BCUT2D eigenvalue weighted by Crippen LogP contribution is -2.44. The summed E-state index contributed by atoms with van der Waals surface area (Å²) in [5, 5.41) is 3.28. The van der Waals surface area contributed by atoms with E-state index in [9.17, 15) is 14.0 Å². The Morgan fingerprint density at radius 1 is 1.15 bits per heavy atom. The highest BCUT2D eigenvalue weighted by Gasteiger charge is 2.22. The Hall–Kier alpha value is -2.94. The third-order valence-corrected chi connectivity index (χ3v) is 4.64. The zero-order chi connectivity index (χ0) is 18.3. The fraction of sp³-hybridized carbons (Fsp3) is 0.353. The summed E-state index contributed by atoms with van der Waals surface area (Å²) in [6, 6.07) is 6.13. The predicted octanol–water partition coefficient (Wildman–Crippen LogP) is 0.0203. The van der Waals surface area contributed by atoms with Gasteiger partial charge in [0.2, 0.25) is 5.95 Å². The summed E-state index contributed by atoms with van der Waals surface area (Å²) < 4.78 is 16.4. The first-order valence-corrected chi connectivity index (χ1v) is 8.44. The Kier molecular flexibility index (Phi) is 4.08. The molecule has 0 spiro atoms. The maximum Gasteiger partial charge on any atom is 0.329 e. The molecule has 3 heterocycles. The van der Waals surface area contributed by atoms with Gasteiger partial charge in [-0.2, -0.15) is 4.98 Å². The van der Waals surface area contributed by atoms with Crippen molar-refractivity contribution >= 4 is 17.1 Å². The first-order chi connectivity index (χ1) is 12.5. The summed E-state index contributed by atoms with van der Waals surface area (Å²) in [5.41, 5.74) is 0.551. The van der Waals surface area contributed by atoms with Crippen molar-refractivity contribution in [2.75, 3.05) is 31.1 Å². The van der Waals surface area contributed by atoms with Crippen LogP contribution < -0.4 is 21.5 Å². The number of hydrogen-bond acceptors (Lipinski definition) is 5. The van der Waals surface area contributed by atoms with Gasteiger partial charge in [-0.15, -0.1) is 0 Å². The fourth-order valence-corrected chi connectivity index (χ4v) is 3.25. The van der Waals surface area contributed by atoms with Gasteiger partial charge < -0.3 is 10.2 Å². The number of aryl methyl sites for hydroxylation is 1. The second kappa shape index (κ2) is 6.41. The van der Waals surface area contributed by atoms with E-state index in [4.69, 9.17) is 0 Å². The van der Waals surface area contributed by atoms with Crippen molar-refractivity contribution in [2.45, 2.75) is 6.54 Å². The Bertz CT molecular complexity index is 1060. The molecule has 1 aliphatic rings. The normalized spacial score (nSPS) is 14.9. The molecular weight excluding hydrogens is 339 g/mol. The highest BCUT2D eigenvalue weighted by atomic mass is 19.1. The van der Waals surface area contributed by atoms with Crippen LogP contribution in [-0.4, -0.2) is 45.3 Å². The van der Waals surface area contributed by atoms with Crippen LogP contribution in [0.25, 0.3) is 11.2 Å². The van der Waals surface area contributed by atoms with Crippen molar-refractivity contribution in [3.63, 3.8) is 0 Å². The number of fused-ring (bicyclic) bond motifs is 1. The maximum absolute atomic E-state index is 13.2. The van der Waals surface area contributed by atoms with Gasteiger partial charge in [-0.3, -0.25) is 18.9 Å². The van der Waals surface area contributed by atoms with E-state index >= 15 is 0 Å². The largest absolute Gasteiger partial charge is 0.340 e. The second-order valence-electron chi connectivity index (χ2n) is 6.35. The number of halogens is 1. The van der Waals surface area contributed by atoms with Gasteiger partial charge in [-0.1, -0.05) is 12.1 Å². The number of benzene rings is 1. The molecule has 136 valence electrons. The van der Waals surface area contributed by atoms with Gasteiger partial charge in [0.05, 0.1) is 6.54 Å². The summed E-state index contributed by atoms with van der Waals surface area (Å²) >= 11 is 0. The number of nitrogens with one attached hydrogen (secondary N) is 2. The van der Waals surface area contributed by atoms with E-state index in [0.717, 1.165) is 31.7 Å². The summed E-state index contributed by atoms with van der Waals surface area (Å²) in [7, 11) is 1.58. The molecule has 26 heavy (non-hydrogen) atoms. The molecule has 2 N–H and O–H groups in total. The minimum absolute atomic E-state index is 0.313. The summed E-state index contributed by atoms with van der Waals surface area (Å²) in [6.45, 7) is 3.48. The van der Waals surface area contributed by atoms with E-state index in [2.05, 4.69) is 20.2 Å². The van der Waals surface area contributed by atoms with E-state index in [0.29, 0.717) is 23.7 Å². The zero-order valence-corrected chi connectivity index (χ0v) is 14.3. The van der Waals surface area contributed by atoms with Crippen LogP contribution in [0.3, 0.4) is 0 Å². The van der Waals surface area contributed by atoms with Gasteiger partial charge in [0, 0.05) is 33.2 Å². The van der Waals surface area contributed by atoms with Gasteiger partial charge in [0.15, 0.2) is 11.2 Å². The van der Waals surface area contributed by atoms with E-state index in [-0.39, 0.29) is 5.82 Å². The number of aromatic amines is 1. The average Bonchev–Trinajstić information content (AvgIpc) is 3.02. The molecule has 0 bridgehead atoms. The SMILES string of the molecule is Cn1c(=O)[nH]c(=O)c2c1nc(N1CCNCC1)n2Cc1ccc(F)cc1. The van der Waals surface area contributed by atoms with Crippen LogP contribution in [0.4, 0.5) is 10.3 Å². The highest BCUT2D eigenvalue weighted by molar-refractivity contribution is 5.74. The number of hydrogen-bond donors (Lipinski definition) is 2. The van der Waals surface area contributed by atoms with Gasteiger partial charge >= 0.3 is 5.69 Å². The number of nitrogens with zero attached hydrogens (tertiary/aromatic N) is 4. The van der Waals surface area contributed by atoms with Crippen LogP contribution in [0.2, 0.25) is 0 Å².